The molecule has 0 radical (unpaired) electrons. The van der Waals surface area contributed by atoms with Gasteiger partial charge in [0, 0.05) is 32.4 Å². The van der Waals surface area contributed by atoms with E-state index < -0.39 is 0 Å². The van der Waals surface area contributed by atoms with Crippen LogP contribution in [0, 0.1) is 0 Å². The Balaban J connectivity index is 1.72. The average Bonchev–Trinajstić information content (AvgIpc) is 2.83. The Kier molecular flexibility index (Phi) is 5.16. The average molecular weight is 323 g/mol. The molecule has 1 unspecified atom stereocenters. The van der Waals surface area contributed by atoms with E-state index in [1.54, 1.807) is 0 Å². The van der Waals surface area contributed by atoms with Gasteiger partial charge in [-0.3, -0.25) is 4.79 Å². The van der Waals surface area contributed by atoms with E-state index in [9.17, 15) is 4.79 Å². The number of rotatable bonds is 4. The van der Waals surface area contributed by atoms with Gasteiger partial charge in [0.25, 0.3) is 0 Å². The molecule has 1 N–H and O–H groups in total. The summed E-state index contributed by atoms with van der Waals surface area (Å²) in [5, 5.41) is 3.42. The molecule has 3 rings (SSSR count). The SMILES string of the molecule is CC(c1ccccc1)N(C)C(=O)CN1CCNCc2ccccc21. The molecular formula is C20H25N3O. The number of amides is 1. The van der Waals surface area contributed by atoms with Gasteiger partial charge in [0.2, 0.25) is 5.91 Å². The van der Waals surface area contributed by atoms with E-state index in [2.05, 4.69) is 47.5 Å². The number of benzene rings is 2. The summed E-state index contributed by atoms with van der Waals surface area (Å²) < 4.78 is 0. The summed E-state index contributed by atoms with van der Waals surface area (Å²) in [5.41, 5.74) is 3.57. The monoisotopic (exact) mass is 323 g/mol. The minimum Gasteiger partial charge on any atom is -0.361 e. The van der Waals surface area contributed by atoms with Crippen molar-refractivity contribution in [2.24, 2.45) is 0 Å². The summed E-state index contributed by atoms with van der Waals surface area (Å²) in [6, 6.07) is 18.6. The van der Waals surface area contributed by atoms with Crippen LogP contribution >= 0.6 is 0 Å². The van der Waals surface area contributed by atoms with Crippen molar-refractivity contribution >= 4 is 11.6 Å². The second-order valence-corrected chi connectivity index (χ2v) is 6.32. The zero-order chi connectivity index (χ0) is 16.9. The first-order valence-electron chi connectivity index (χ1n) is 8.51. The lowest BCUT2D eigenvalue weighted by Crippen LogP contribution is -2.41. The number of carbonyl (C=O) groups excluding carboxylic acids is 1. The first-order chi connectivity index (χ1) is 11.7. The van der Waals surface area contributed by atoms with Crippen LogP contribution in [0.25, 0.3) is 0 Å². The van der Waals surface area contributed by atoms with Crippen LogP contribution in [0.5, 0.6) is 0 Å². The van der Waals surface area contributed by atoms with Crippen molar-refractivity contribution in [2.45, 2.75) is 19.5 Å². The topological polar surface area (TPSA) is 35.6 Å². The summed E-state index contributed by atoms with van der Waals surface area (Å²) in [7, 11) is 1.89. The molecule has 1 aliphatic rings. The lowest BCUT2D eigenvalue weighted by atomic mass is 10.1. The maximum atomic E-state index is 12.8. The van der Waals surface area contributed by atoms with Crippen LogP contribution in [0.15, 0.2) is 54.6 Å². The third kappa shape index (κ3) is 3.60. The molecule has 0 aromatic heterocycles. The number of nitrogens with zero attached hydrogens (tertiary/aromatic N) is 2. The number of fused-ring (bicyclic) bond motifs is 1. The zero-order valence-corrected chi connectivity index (χ0v) is 14.4. The highest BCUT2D eigenvalue weighted by molar-refractivity contribution is 5.82. The summed E-state index contributed by atoms with van der Waals surface area (Å²) in [5.74, 6) is 0.142. The molecule has 2 aromatic rings. The molecule has 24 heavy (non-hydrogen) atoms. The number of hydrogen-bond acceptors (Lipinski definition) is 3. The van der Waals surface area contributed by atoms with Gasteiger partial charge in [-0.2, -0.15) is 0 Å². The first kappa shape index (κ1) is 16.5. The third-order valence-electron chi connectivity index (χ3n) is 4.79. The molecule has 1 aliphatic heterocycles. The molecule has 4 nitrogen and oxygen atoms in total. The molecule has 1 atom stereocenters. The largest absolute Gasteiger partial charge is 0.361 e. The predicted molar refractivity (Wildman–Crippen MR) is 98.0 cm³/mol. The summed E-state index contributed by atoms with van der Waals surface area (Å²) in [4.78, 5) is 16.8. The molecule has 1 heterocycles. The third-order valence-corrected chi connectivity index (χ3v) is 4.79. The normalized spacial score (nSPS) is 15.3. The van der Waals surface area contributed by atoms with E-state index in [1.807, 2.05) is 36.2 Å². The first-order valence-corrected chi connectivity index (χ1v) is 8.51. The van der Waals surface area contributed by atoms with Crippen molar-refractivity contribution in [2.75, 3.05) is 31.6 Å². The van der Waals surface area contributed by atoms with Gasteiger partial charge in [0.15, 0.2) is 0 Å². The van der Waals surface area contributed by atoms with Gasteiger partial charge in [0.1, 0.15) is 0 Å². The van der Waals surface area contributed by atoms with Crippen LogP contribution in [0.2, 0.25) is 0 Å². The minimum atomic E-state index is 0.0686. The number of anilines is 1. The fraction of sp³-hybridized carbons (Fsp3) is 0.350. The molecule has 126 valence electrons. The van der Waals surface area contributed by atoms with Crippen molar-refractivity contribution in [3.8, 4) is 0 Å². The quantitative estimate of drug-likeness (QED) is 0.940. The molecular weight excluding hydrogens is 298 g/mol. The van der Waals surface area contributed by atoms with Crippen LogP contribution in [0.3, 0.4) is 0 Å². The Labute approximate surface area is 144 Å². The van der Waals surface area contributed by atoms with Gasteiger partial charge in [-0.1, -0.05) is 48.5 Å². The molecule has 0 bridgehead atoms. The van der Waals surface area contributed by atoms with Gasteiger partial charge >= 0.3 is 0 Å². The number of para-hydroxylation sites is 1. The van der Waals surface area contributed by atoms with Gasteiger partial charge in [-0.25, -0.2) is 0 Å². The van der Waals surface area contributed by atoms with Crippen LogP contribution < -0.4 is 10.2 Å². The fourth-order valence-corrected chi connectivity index (χ4v) is 3.14. The van der Waals surface area contributed by atoms with E-state index in [1.165, 1.54) is 5.56 Å². The van der Waals surface area contributed by atoms with Gasteiger partial charge < -0.3 is 15.1 Å². The van der Waals surface area contributed by atoms with Crippen molar-refractivity contribution < 1.29 is 4.79 Å². The molecule has 0 spiro atoms. The van der Waals surface area contributed by atoms with E-state index >= 15 is 0 Å². The van der Waals surface area contributed by atoms with Crippen molar-refractivity contribution in [1.29, 1.82) is 0 Å². The predicted octanol–water partition coefficient (Wildman–Crippen LogP) is 2.82. The van der Waals surface area contributed by atoms with Crippen molar-refractivity contribution in [3.05, 3.63) is 65.7 Å². The molecule has 2 aromatic carbocycles. The lowest BCUT2D eigenvalue weighted by molar-refractivity contribution is -0.130. The number of nitrogens with one attached hydrogen (secondary N) is 1. The van der Waals surface area contributed by atoms with Crippen LogP contribution in [0.4, 0.5) is 5.69 Å². The highest BCUT2D eigenvalue weighted by Gasteiger charge is 2.22. The summed E-state index contributed by atoms with van der Waals surface area (Å²) in [6.07, 6.45) is 0. The van der Waals surface area contributed by atoms with E-state index in [-0.39, 0.29) is 11.9 Å². The van der Waals surface area contributed by atoms with Crippen LogP contribution in [-0.4, -0.2) is 37.5 Å². The Morgan fingerprint density at radius 2 is 1.88 bits per heavy atom. The summed E-state index contributed by atoms with van der Waals surface area (Å²) >= 11 is 0. The Hall–Kier alpha value is -2.33. The van der Waals surface area contributed by atoms with E-state index in [4.69, 9.17) is 0 Å². The maximum Gasteiger partial charge on any atom is 0.242 e. The lowest BCUT2D eigenvalue weighted by Gasteiger charge is -2.30. The van der Waals surface area contributed by atoms with Gasteiger partial charge in [-0.05, 0) is 24.1 Å². The van der Waals surface area contributed by atoms with Crippen LogP contribution in [-0.2, 0) is 11.3 Å². The highest BCUT2D eigenvalue weighted by atomic mass is 16.2. The van der Waals surface area contributed by atoms with Gasteiger partial charge in [-0.15, -0.1) is 0 Å². The maximum absolute atomic E-state index is 12.8. The minimum absolute atomic E-state index is 0.0686. The molecule has 0 saturated carbocycles. The highest BCUT2D eigenvalue weighted by Crippen LogP contribution is 2.23. The summed E-state index contributed by atoms with van der Waals surface area (Å²) in [6.45, 7) is 5.07. The van der Waals surface area contributed by atoms with Crippen LogP contribution in [0.1, 0.15) is 24.1 Å². The molecule has 0 saturated heterocycles. The molecule has 1 amide bonds. The van der Waals surface area contributed by atoms with E-state index in [0.29, 0.717) is 6.54 Å². The van der Waals surface area contributed by atoms with Gasteiger partial charge in [0.05, 0.1) is 12.6 Å². The number of likely N-dealkylation sites (N-methyl/N-ethyl adjacent to an activating group) is 1. The fourth-order valence-electron chi connectivity index (χ4n) is 3.14. The van der Waals surface area contributed by atoms with Crippen molar-refractivity contribution in [3.63, 3.8) is 0 Å². The Morgan fingerprint density at radius 1 is 1.17 bits per heavy atom. The smallest absolute Gasteiger partial charge is 0.242 e. The Bertz CT molecular complexity index is 686. The van der Waals surface area contributed by atoms with E-state index in [0.717, 1.165) is 30.9 Å². The molecule has 0 aliphatic carbocycles. The zero-order valence-electron chi connectivity index (χ0n) is 14.4. The Morgan fingerprint density at radius 3 is 2.67 bits per heavy atom. The second-order valence-electron chi connectivity index (χ2n) is 6.32. The number of carbonyl (C=O) groups is 1. The standard InChI is InChI=1S/C20H25N3O/c1-16(17-8-4-3-5-9-17)22(2)20(24)15-23-13-12-21-14-18-10-6-7-11-19(18)23/h3-11,16,21H,12-15H2,1-2H3. The molecule has 0 fully saturated rings. The molecule has 4 heteroatoms. The van der Waals surface area contributed by atoms with Crippen molar-refractivity contribution in [1.82, 2.24) is 10.2 Å². The number of hydrogen-bond donors (Lipinski definition) is 1. The second kappa shape index (κ2) is 7.49.